The molecule has 25 heavy (non-hydrogen) atoms. The molecule has 1 aromatic carbocycles. The van der Waals surface area contributed by atoms with Gasteiger partial charge in [-0.25, -0.2) is 9.18 Å². The lowest BCUT2D eigenvalue weighted by molar-refractivity contribution is -0.123. The Kier molecular flexibility index (Phi) is 8.16. The molecule has 140 valence electrons. The number of benzene rings is 1. The highest BCUT2D eigenvalue weighted by Crippen LogP contribution is 2.17. The molecule has 0 heterocycles. The van der Waals surface area contributed by atoms with Crippen LogP contribution in [0.4, 0.5) is 9.18 Å². The van der Waals surface area contributed by atoms with Crippen molar-refractivity contribution in [2.45, 2.75) is 65.1 Å². The van der Waals surface area contributed by atoms with Crippen molar-refractivity contribution in [2.75, 3.05) is 0 Å². The van der Waals surface area contributed by atoms with Gasteiger partial charge in [-0.2, -0.15) is 0 Å². The van der Waals surface area contributed by atoms with Crippen molar-refractivity contribution in [1.29, 1.82) is 0 Å². The lowest BCUT2D eigenvalue weighted by atomic mass is 10.1. The lowest BCUT2D eigenvalue weighted by Gasteiger charge is -2.23. The van der Waals surface area contributed by atoms with Gasteiger partial charge < -0.3 is 15.4 Å². The van der Waals surface area contributed by atoms with Gasteiger partial charge in [-0.05, 0) is 33.3 Å². The maximum atomic E-state index is 13.9. The minimum atomic E-state index is -0.739. The Morgan fingerprint density at radius 1 is 1.32 bits per heavy atom. The van der Waals surface area contributed by atoms with Crippen LogP contribution >= 0.6 is 11.6 Å². The molecule has 0 saturated heterocycles. The number of carbonyl (C=O) groups excluding carboxylic acids is 2. The van der Waals surface area contributed by atoms with Crippen molar-refractivity contribution in [2.24, 2.45) is 0 Å². The molecular weight excluding hydrogens is 347 g/mol. The van der Waals surface area contributed by atoms with Crippen LogP contribution in [0.2, 0.25) is 5.02 Å². The molecular formula is C18H26ClFN2O3. The molecule has 2 N–H and O–H groups in total. The van der Waals surface area contributed by atoms with Crippen LogP contribution in [0, 0.1) is 5.82 Å². The number of unbranched alkanes of at least 4 members (excludes halogenated alkanes) is 1. The molecule has 0 aliphatic rings. The first-order valence-electron chi connectivity index (χ1n) is 8.34. The van der Waals surface area contributed by atoms with Crippen molar-refractivity contribution in [3.05, 3.63) is 34.6 Å². The van der Waals surface area contributed by atoms with E-state index in [0.29, 0.717) is 6.42 Å². The highest BCUT2D eigenvalue weighted by Gasteiger charge is 2.24. The van der Waals surface area contributed by atoms with Crippen molar-refractivity contribution in [1.82, 2.24) is 10.6 Å². The van der Waals surface area contributed by atoms with Crippen LogP contribution in [0.5, 0.6) is 0 Å². The first-order chi connectivity index (χ1) is 11.6. The number of hydrogen-bond donors (Lipinski definition) is 2. The van der Waals surface area contributed by atoms with Crippen LogP contribution < -0.4 is 10.6 Å². The molecule has 0 saturated carbocycles. The summed E-state index contributed by atoms with van der Waals surface area (Å²) in [5.74, 6) is -0.951. The number of hydrogen-bond acceptors (Lipinski definition) is 3. The van der Waals surface area contributed by atoms with Gasteiger partial charge in [0.1, 0.15) is 17.5 Å². The second-order valence-electron chi connectivity index (χ2n) is 6.77. The van der Waals surface area contributed by atoms with E-state index in [1.54, 1.807) is 32.9 Å². The van der Waals surface area contributed by atoms with E-state index in [1.165, 1.54) is 6.07 Å². The summed E-state index contributed by atoms with van der Waals surface area (Å²) in [6.45, 7) is 7.22. The topological polar surface area (TPSA) is 67.4 Å². The predicted molar refractivity (Wildman–Crippen MR) is 95.9 cm³/mol. The Balaban J connectivity index is 2.69. The molecule has 0 aromatic heterocycles. The van der Waals surface area contributed by atoms with Gasteiger partial charge in [-0.3, -0.25) is 4.79 Å². The van der Waals surface area contributed by atoms with Gasteiger partial charge in [-0.15, -0.1) is 0 Å². The van der Waals surface area contributed by atoms with E-state index in [9.17, 15) is 14.0 Å². The van der Waals surface area contributed by atoms with Crippen LogP contribution in [0.15, 0.2) is 18.2 Å². The summed E-state index contributed by atoms with van der Waals surface area (Å²) in [5, 5.41) is 5.21. The third-order valence-corrected chi connectivity index (χ3v) is 3.63. The van der Waals surface area contributed by atoms with E-state index in [-0.39, 0.29) is 17.1 Å². The van der Waals surface area contributed by atoms with Gasteiger partial charge in [-0.1, -0.05) is 43.5 Å². The Morgan fingerprint density at radius 3 is 2.60 bits per heavy atom. The second kappa shape index (κ2) is 9.61. The molecule has 1 aromatic rings. The SMILES string of the molecule is CCCC[C@H](NC(=O)OC(C)(C)C)C(=O)NCc1cccc(Cl)c1F. The molecule has 1 rings (SSSR count). The van der Waals surface area contributed by atoms with Crippen LogP contribution in [0.25, 0.3) is 0 Å². The summed E-state index contributed by atoms with van der Waals surface area (Å²) in [5.41, 5.74) is -0.368. The lowest BCUT2D eigenvalue weighted by Crippen LogP contribution is -2.48. The Morgan fingerprint density at radius 2 is 2.00 bits per heavy atom. The van der Waals surface area contributed by atoms with Crippen molar-refractivity contribution in [3.63, 3.8) is 0 Å². The number of nitrogens with one attached hydrogen (secondary N) is 2. The highest BCUT2D eigenvalue weighted by atomic mass is 35.5. The number of halogens is 2. The van der Waals surface area contributed by atoms with Gasteiger partial charge in [0.2, 0.25) is 5.91 Å². The molecule has 0 aliphatic heterocycles. The smallest absolute Gasteiger partial charge is 0.408 e. The van der Waals surface area contributed by atoms with Crippen molar-refractivity contribution < 1.29 is 18.7 Å². The van der Waals surface area contributed by atoms with Gasteiger partial charge >= 0.3 is 6.09 Å². The highest BCUT2D eigenvalue weighted by molar-refractivity contribution is 6.30. The average molecular weight is 373 g/mol. The first-order valence-corrected chi connectivity index (χ1v) is 8.72. The zero-order valence-corrected chi connectivity index (χ0v) is 15.9. The maximum absolute atomic E-state index is 13.9. The summed E-state index contributed by atoms with van der Waals surface area (Å²) >= 11 is 5.73. The van der Waals surface area contributed by atoms with Crippen LogP contribution in [-0.4, -0.2) is 23.6 Å². The summed E-state index contributed by atoms with van der Waals surface area (Å²) in [6, 6.07) is 3.86. The number of carbonyl (C=O) groups is 2. The number of alkyl carbamates (subject to hydrolysis) is 1. The third-order valence-electron chi connectivity index (χ3n) is 3.34. The van der Waals surface area contributed by atoms with E-state index < -0.39 is 29.5 Å². The molecule has 2 amide bonds. The Hall–Kier alpha value is -1.82. The zero-order chi connectivity index (χ0) is 19.0. The Bertz CT molecular complexity index is 602. The molecule has 1 atom stereocenters. The summed E-state index contributed by atoms with van der Waals surface area (Å²) in [4.78, 5) is 24.3. The molecule has 0 fully saturated rings. The Labute approximate surface area is 153 Å². The van der Waals surface area contributed by atoms with E-state index in [2.05, 4.69) is 10.6 Å². The average Bonchev–Trinajstić information content (AvgIpc) is 2.50. The molecule has 0 unspecified atom stereocenters. The van der Waals surface area contributed by atoms with Gasteiger partial charge in [0.05, 0.1) is 5.02 Å². The summed E-state index contributed by atoms with van der Waals surface area (Å²) in [6.07, 6.45) is 1.46. The normalized spacial score (nSPS) is 12.4. The fraction of sp³-hybridized carbons (Fsp3) is 0.556. The minimum absolute atomic E-state index is 0.00108. The van der Waals surface area contributed by atoms with Gasteiger partial charge in [0.25, 0.3) is 0 Å². The minimum Gasteiger partial charge on any atom is -0.444 e. The van der Waals surface area contributed by atoms with Crippen LogP contribution in [-0.2, 0) is 16.1 Å². The molecule has 0 bridgehead atoms. The van der Waals surface area contributed by atoms with Crippen molar-refractivity contribution in [3.8, 4) is 0 Å². The molecule has 5 nitrogen and oxygen atoms in total. The largest absolute Gasteiger partial charge is 0.444 e. The summed E-state index contributed by atoms with van der Waals surface area (Å²) < 4.78 is 19.1. The van der Waals surface area contributed by atoms with E-state index in [0.717, 1.165) is 12.8 Å². The van der Waals surface area contributed by atoms with E-state index in [1.807, 2.05) is 6.92 Å². The number of ether oxygens (including phenoxy) is 1. The molecule has 0 spiro atoms. The number of amides is 2. The number of rotatable bonds is 7. The van der Waals surface area contributed by atoms with Gasteiger partial charge in [0.15, 0.2) is 0 Å². The zero-order valence-electron chi connectivity index (χ0n) is 15.1. The molecule has 0 aliphatic carbocycles. The fourth-order valence-corrected chi connectivity index (χ4v) is 2.31. The second-order valence-corrected chi connectivity index (χ2v) is 7.18. The standard InChI is InChI=1S/C18H26ClFN2O3/c1-5-6-10-14(22-17(24)25-18(2,3)4)16(23)21-11-12-8-7-9-13(19)15(12)20/h7-9,14H,5-6,10-11H2,1-4H3,(H,21,23)(H,22,24)/t14-/m0/s1. The molecule has 0 radical (unpaired) electrons. The first kappa shape index (κ1) is 21.2. The molecule has 7 heteroatoms. The third kappa shape index (κ3) is 7.73. The van der Waals surface area contributed by atoms with E-state index in [4.69, 9.17) is 16.3 Å². The summed E-state index contributed by atoms with van der Waals surface area (Å²) in [7, 11) is 0. The van der Waals surface area contributed by atoms with Crippen LogP contribution in [0.1, 0.15) is 52.5 Å². The predicted octanol–water partition coefficient (Wildman–Crippen LogP) is 4.18. The van der Waals surface area contributed by atoms with E-state index >= 15 is 0 Å². The van der Waals surface area contributed by atoms with Crippen LogP contribution in [0.3, 0.4) is 0 Å². The van der Waals surface area contributed by atoms with Crippen molar-refractivity contribution >= 4 is 23.6 Å². The maximum Gasteiger partial charge on any atom is 0.408 e. The fourth-order valence-electron chi connectivity index (χ4n) is 2.12. The quantitative estimate of drug-likeness (QED) is 0.754. The monoisotopic (exact) mass is 372 g/mol. The van der Waals surface area contributed by atoms with Gasteiger partial charge in [0, 0.05) is 12.1 Å².